The van der Waals surface area contributed by atoms with Gasteiger partial charge in [0.2, 0.25) is 0 Å². The number of halogens is 2. The van der Waals surface area contributed by atoms with Crippen LogP contribution in [0.5, 0.6) is 11.5 Å². The first-order valence-corrected chi connectivity index (χ1v) is 11.5. The van der Waals surface area contributed by atoms with Gasteiger partial charge in [0.25, 0.3) is 5.56 Å². The molecule has 1 aliphatic rings. The highest BCUT2D eigenvalue weighted by Gasteiger charge is 2.33. The third-order valence-electron chi connectivity index (χ3n) is 5.37. The minimum absolute atomic E-state index is 0.0524. The van der Waals surface area contributed by atoms with Crippen molar-refractivity contribution in [1.29, 1.82) is 0 Å². The van der Waals surface area contributed by atoms with Gasteiger partial charge in [-0.2, -0.15) is 8.78 Å². The minimum Gasteiger partial charge on any atom is -0.497 e. The lowest BCUT2D eigenvalue weighted by molar-refractivity contribution is -0.139. The molecule has 0 amide bonds. The van der Waals surface area contributed by atoms with Crippen molar-refractivity contribution in [3.8, 4) is 11.5 Å². The van der Waals surface area contributed by atoms with Crippen molar-refractivity contribution in [3.63, 3.8) is 0 Å². The van der Waals surface area contributed by atoms with Gasteiger partial charge in [0.15, 0.2) is 4.80 Å². The van der Waals surface area contributed by atoms with Gasteiger partial charge >= 0.3 is 12.6 Å². The largest absolute Gasteiger partial charge is 0.497 e. The van der Waals surface area contributed by atoms with E-state index in [0.717, 1.165) is 11.3 Å². The van der Waals surface area contributed by atoms with E-state index in [1.165, 1.54) is 16.7 Å². The fraction of sp³-hybridized carbons (Fsp3) is 0.240. The van der Waals surface area contributed by atoms with Crippen LogP contribution in [0.1, 0.15) is 31.0 Å². The van der Waals surface area contributed by atoms with Gasteiger partial charge in [-0.25, -0.2) is 9.79 Å². The molecule has 2 aromatic carbocycles. The second kappa shape index (κ2) is 10.2. The van der Waals surface area contributed by atoms with Crippen molar-refractivity contribution < 1.29 is 27.8 Å². The molecule has 0 bridgehead atoms. The number of hydrogen-bond acceptors (Lipinski definition) is 7. The number of methoxy groups -OCH3 is 1. The van der Waals surface area contributed by atoms with Gasteiger partial charge in [-0.1, -0.05) is 41.7 Å². The molecule has 1 atom stereocenters. The zero-order valence-corrected chi connectivity index (χ0v) is 20.0. The lowest BCUT2D eigenvalue weighted by Gasteiger charge is -2.24. The Labute approximate surface area is 203 Å². The van der Waals surface area contributed by atoms with Crippen molar-refractivity contribution >= 4 is 23.4 Å². The first kappa shape index (κ1) is 24.3. The zero-order valence-electron chi connectivity index (χ0n) is 19.2. The number of hydrogen-bond donors (Lipinski definition) is 0. The van der Waals surface area contributed by atoms with E-state index >= 15 is 0 Å². The van der Waals surface area contributed by atoms with Gasteiger partial charge in [-0.15, -0.1) is 0 Å². The first-order valence-electron chi connectivity index (χ1n) is 10.7. The Morgan fingerprint density at radius 2 is 1.91 bits per heavy atom. The Balaban J connectivity index is 1.92. The normalized spacial score (nSPS) is 15.6. The molecular formula is C25H22F2N2O5S. The summed E-state index contributed by atoms with van der Waals surface area (Å²) in [7, 11) is 1.54. The highest BCUT2D eigenvalue weighted by Crippen LogP contribution is 2.31. The number of carbonyl (C=O) groups excluding carboxylic acids is 1. The van der Waals surface area contributed by atoms with Crippen LogP contribution < -0.4 is 24.4 Å². The highest BCUT2D eigenvalue weighted by atomic mass is 32.1. The van der Waals surface area contributed by atoms with Gasteiger partial charge < -0.3 is 14.2 Å². The average molecular weight is 501 g/mol. The molecule has 0 fully saturated rings. The molecule has 0 radical (unpaired) electrons. The predicted molar refractivity (Wildman–Crippen MR) is 126 cm³/mol. The number of alkyl halides is 2. The number of aromatic nitrogens is 1. The SMILES string of the molecule is CCOC(=O)C1=C(C)N=c2sc(=Cc3ccccc3OC(F)F)c(=O)n2C1c1ccc(OC)cc1. The lowest BCUT2D eigenvalue weighted by Crippen LogP contribution is -2.39. The van der Waals surface area contributed by atoms with Crippen molar-refractivity contribution in [2.45, 2.75) is 26.5 Å². The van der Waals surface area contributed by atoms with E-state index in [1.54, 1.807) is 63.4 Å². The summed E-state index contributed by atoms with van der Waals surface area (Å²) in [5, 5.41) is 0. The van der Waals surface area contributed by atoms with Gasteiger partial charge in [-0.05, 0) is 43.7 Å². The van der Waals surface area contributed by atoms with Gasteiger partial charge in [0.05, 0.1) is 35.6 Å². The van der Waals surface area contributed by atoms with Crippen molar-refractivity contribution in [2.24, 2.45) is 4.99 Å². The van der Waals surface area contributed by atoms with E-state index in [2.05, 4.69) is 9.73 Å². The van der Waals surface area contributed by atoms with E-state index < -0.39 is 24.2 Å². The predicted octanol–water partition coefficient (Wildman–Crippen LogP) is 3.41. The van der Waals surface area contributed by atoms with Crippen LogP contribution in [0.3, 0.4) is 0 Å². The summed E-state index contributed by atoms with van der Waals surface area (Å²) < 4.78 is 42.5. The summed E-state index contributed by atoms with van der Waals surface area (Å²) in [5.74, 6) is -0.00172. The molecule has 7 nitrogen and oxygen atoms in total. The maximum Gasteiger partial charge on any atom is 0.387 e. The minimum atomic E-state index is -3.00. The number of esters is 1. The van der Waals surface area contributed by atoms with E-state index in [1.807, 2.05) is 0 Å². The van der Waals surface area contributed by atoms with Gasteiger partial charge in [-0.3, -0.25) is 9.36 Å². The van der Waals surface area contributed by atoms with Crippen LogP contribution in [0.15, 0.2) is 69.6 Å². The maximum atomic E-state index is 13.6. The number of nitrogens with zero attached hydrogens (tertiary/aromatic N) is 2. The summed E-state index contributed by atoms with van der Waals surface area (Å²) in [6.07, 6.45) is 1.48. The molecule has 182 valence electrons. The third-order valence-corrected chi connectivity index (χ3v) is 6.35. The zero-order chi connectivity index (χ0) is 25.1. The topological polar surface area (TPSA) is 79.1 Å². The number of rotatable bonds is 7. The number of fused-ring (bicyclic) bond motifs is 1. The van der Waals surface area contributed by atoms with Crippen LogP contribution in [-0.2, 0) is 9.53 Å². The molecule has 2 heterocycles. The summed E-state index contributed by atoms with van der Waals surface area (Å²) in [6, 6.07) is 12.4. The first-order chi connectivity index (χ1) is 16.8. The van der Waals surface area contributed by atoms with Crippen LogP contribution in [0.4, 0.5) is 8.78 Å². The molecule has 1 aliphatic heterocycles. The molecule has 35 heavy (non-hydrogen) atoms. The molecule has 4 rings (SSSR count). The van der Waals surface area contributed by atoms with Crippen LogP contribution in [0.25, 0.3) is 6.08 Å². The third kappa shape index (κ3) is 4.88. The Morgan fingerprint density at radius 3 is 2.57 bits per heavy atom. The van der Waals surface area contributed by atoms with E-state index in [4.69, 9.17) is 9.47 Å². The number of ether oxygens (including phenoxy) is 3. The van der Waals surface area contributed by atoms with Crippen molar-refractivity contribution in [2.75, 3.05) is 13.7 Å². The Morgan fingerprint density at radius 1 is 1.20 bits per heavy atom. The Bertz CT molecular complexity index is 1460. The quantitative estimate of drug-likeness (QED) is 0.465. The monoisotopic (exact) mass is 500 g/mol. The summed E-state index contributed by atoms with van der Waals surface area (Å²) in [4.78, 5) is 31.4. The number of carbonyl (C=O) groups is 1. The molecule has 0 aliphatic carbocycles. The standard InChI is InChI=1S/C25H22F2N2O5S/c1-4-33-23(31)20-14(2)28-25-29(21(20)15-9-11-17(32-3)12-10-15)22(30)19(35-25)13-16-7-5-6-8-18(16)34-24(26)27/h5-13,21,24H,4H2,1-3H3. The molecule has 1 aromatic heterocycles. The molecule has 0 saturated heterocycles. The lowest BCUT2D eigenvalue weighted by atomic mass is 9.96. The van der Waals surface area contributed by atoms with Crippen LogP contribution in [0, 0.1) is 0 Å². The fourth-order valence-electron chi connectivity index (χ4n) is 3.84. The molecule has 0 spiro atoms. The molecule has 3 aromatic rings. The van der Waals surface area contributed by atoms with Gasteiger partial charge in [0.1, 0.15) is 11.5 Å². The summed E-state index contributed by atoms with van der Waals surface area (Å²) in [5.41, 5.74) is 1.24. The Hall–Kier alpha value is -3.79. The van der Waals surface area contributed by atoms with Crippen molar-refractivity contribution in [1.82, 2.24) is 4.57 Å². The number of para-hydroxylation sites is 1. The van der Waals surface area contributed by atoms with Crippen LogP contribution in [-0.4, -0.2) is 30.9 Å². The summed E-state index contributed by atoms with van der Waals surface area (Å²) >= 11 is 1.10. The van der Waals surface area contributed by atoms with Crippen molar-refractivity contribution in [3.05, 3.63) is 90.6 Å². The van der Waals surface area contributed by atoms with E-state index in [0.29, 0.717) is 27.4 Å². The van der Waals surface area contributed by atoms with Crippen LogP contribution >= 0.6 is 11.3 Å². The van der Waals surface area contributed by atoms with E-state index in [-0.39, 0.29) is 22.5 Å². The fourth-order valence-corrected chi connectivity index (χ4v) is 4.87. The molecule has 0 saturated carbocycles. The molecule has 0 N–H and O–H groups in total. The summed E-state index contributed by atoms with van der Waals surface area (Å²) in [6.45, 7) is 0.544. The smallest absolute Gasteiger partial charge is 0.387 e. The molecule has 1 unspecified atom stereocenters. The highest BCUT2D eigenvalue weighted by molar-refractivity contribution is 7.07. The molecule has 10 heteroatoms. The maximum absolute atomic E-state index is 13.6. The second-order valence-electron chi connectivity index (χ2n) is 7.49. The Kier molecular flexibility index (Phi) is 7.11. The van der Waals surface area contributed by atoms with Gasteiger partial charge in [0, 0.05) is 5.56 Å². The second-order valence-corrected chi connectivity index (χ2v) is 8.50. The molecular weight excluding hydrogens is 478 g/mol. The number of benzene rings is 2. The van der Waals surface area contributed by atoms with Crippen LogP contribution in [0.2, 0.25) is 0 Å². The number of thiazole rings is 1. The number of allylic oxidation sites excluding steroid dienone is 1. The average Bonchev–Trinajstić information content (AvgIpc) is 3.13. The van der Waals surface area contributed by atoms with E-state index in [9.17, 15) is 18.4 Å².